The van der Waals surface area contributed by atoms with Gasteiger partial charge in [0.05, 0.1) is 0 Å². The molecule has 0 saturated carbocycles. The van der Waals surface area contributed by atoms with Gasteiger partial charge in [0.2, 0.25) is 0 Å². The third-order valence-electron chi connectivity index (χ3n) is 0. The minimum atomic E-state index is 0. The van der Waals surface area contributed by atoms with Gasteiger partial charge in [-0.05, 0) is 0 Å². The second-order valence-electron chi connectivity index (χ2n) is 0. The van der Waals surface area contributed by atoms with Crippen molar-refractivity contribution in [2.75, 3.05) is 0 Å². The molecule has 0 spiro atoms. The molecule has 0 aromatic heterocycles. The van der Waals surface area contributed by atoms with Crippen LogP contribution in [0.2, 0.25) is 0 Å². The molecular formula is H5AlNOTa. The maximum Gasteiger partial charge on any atom is 0 e. The average molecular weight is 243 g/mol. The summed E-state index contributed by atoms with van der Waals surface area (Å²) in [5.41, 5.74) is 0. The molecule has 4 radical (unpaired) electrons. The number of rotatable bonds is 0. The Morgan fingerprint density at radius 2 is 1.00 bits per heavy atom. The van der Waals surface area contributed by atoms with Crippen LogP contribution >= 0.6 is 0 Å². The molecule has 4 heteroatoms. The van der Waals surface area contributed by atoms with Gasteiger partial charge < -0.3 is 11.6 Å². The van der Waals surface area contributed by atoms with Crippen LogP contribution in [0.5, 0.6) is 0 Å². The molecule has 2 nitrogen and oxygen atoms in total. The van der Waals surface area contributed by atoms with E-state index in [4.69, 9.17) is 0 Å². The topological polar surface area (TPSA) is 66.5 Å². The van der Waals surface area contributed by atoms with Gasteiger partial charge in [0, 0.05) is 39.7 Å². The summed E-state index contributed by atoms with van der Waals surface area (Å²) in [6.07, 6.45) is 0. The van der Waals surface area contributed by atoms with Crippen molar-refractivity contribution in [3.8, 4) is 0 Å². The van der Waals surface area contributed by atoms with E-state index in [1.165, 1.54) is 0 Å². The van der Waals surface area contributed by atoms with Crippen molar-refractivity contribution in [1.29, 1.82) is 0 Å². The van der Waals surface area contributed by atoms with E-state index in [-0.39, 0.29) is 51.4 Å². The fourth-order valence-corrected chi connectivity index (χ4v) is 0. The van der Waals surface area contributed by atoms with Gasteiger partial charge in [-0.25, -0.2) is 0 Å². The van der Waals surface area contributed by atoms with Crippen LogP contribution in [-0.2, 0) is 22.4 Å². The van der Waals surface area contributed by atoms with Gasteiger partial charge in [-0.1, -0.05) is 0 Å². The molecule has 0 heterocycles. The first-order valence-electron chi connectivity index (χ1n) is 0. The van der Waals surface area contributed by atoms with Gasteiger partial charge in [-0.3, -0.25) is 0 Å². The van der Waals surface area contributed by atoms with Crippen LogP contribution in [0.1, 0.15) is 0 Å². The summed E-state index contributed by atoms with van der Waals surface area (Å²) < 4.78 is 0. The van der Waals surface area contributed by atoms with Crippen molar-refractivity contribution in [3.05, 3.63) is 0 Å². The average Bonchev–Trinajstić information content (AvgIpc) is 0. The molecule has 0 unspecified atom stereocenters. The van der Waals surface area contributed by atoms with E-state index in [1.54, 1.807) is 0 Å². The van der Waals surface area contributed by atoms with Crippen LogP contribution in [0.25, 0.3) is 0 Å². The second-order valence-corrected chi connectivity index (χ2v) is 0. The second kappa shape index (κ2) is 30.0. The van der Waals surface area contributed by atoms with Crippen LogP contribution in [0.4, 0.5) is 0 Å². The fraction of sp³-hybridized carbons (Fsp3) is 0. The van der Waals surface area contributed by atoms with E-state index in [1.807, 2.05) is 0 Å². The fourth-order valence-electron chi connectivity index (χ4n) is 0. The summed E-state index contributed by atoms with van der Waals surface area (Å²) in [4.78, 5) is 0. The van der Waals surface area contributed by atoms with E-state index >= 15 is 0 Å². The van der Waals surface area contributed by atoms with Crippen molar-refractivity contribution in [2.24, 2.45) is 0 Å². The maximum atomic E-state index is 0. The summed E-state index contributed by atoms with van der Waals surface area (Å²) in [6, 6.07) is 0. The summed E-state index contributed by atoms with van der Waals surface area (Å²) in [5.74, 6) is 0. The molecule has 0 aliphatic heterocycles. The largest absolute Gasteiger partial charge is 0.412 e. The monoisotopic (exact) mass is 243 g/mol. The Labute approximate surface area is 51.5 Å². The van der Waals surface area contributed by atoms with Crippen LogP contribution < -0.4 is 6.15 Å². The predicted molar refractivity (Wildman–Crippen MR) is 14.4 cm³/mol. The molecule has 0 saturated heterocycles. The summed E-state index contributed by atoms with van der Waals surface area (Å²) in [5, 5.41) is 0. The standard InChI is InChI=1S/Al.H3N.H2O.Ta/h;1H3;1H2;. The first-order valence-corrected chi connectivity index (χ1v) is 0. The molecule has 0 aromatic carbocycles. The number of hydrogen-bond acceptors (Lipinski definition) is 1. The molecule has 0 aliphatic rings. The van der Waals surface area contributed by atoms with Crippen molar-refractivity contribution in [2.45, 2.75) is 0 Å². The van der Waals surface area contributed by atoms with E-state index < -0.39 is 0 Å². The molecule has 0 rings (SSSR count). The Kier molecular flexibility index (Phi) is 482. The Balaban J connectivity index is 0. The molecule has 0 bridgehead atoms. The van der Waals surface area contributed by atoms with Gasteiger partial charge in [0.25, 0.3) is 0 Å². The Morgan fingerprint density at radius 1 is 1.00 bits per heavy atom. The third-order valence-corrected chi connectivity index (χ3v) is 0. The smallest absolute Gasteiger partial charge is 0 e. The van der Waals surface area contributed by atoms with Crippen molar-refractivity contribution in [3.63, 3.8) is 0 Å². The quantitative estimate of drug-likeness (QED) is 0.542. The maximum absolute atomic E-state index is 0. The van der Waals surface area contributed by atoms with E-state index in [2.05, 4.69) is 0 Å². The van der Waals surface area contributed by atoms with Crippen LogP contribution in [-0.4, -0.2) is 22.8 Å². The van der Waals surface area contributed by atoms with Crippen molar-refractivity contribution in [1.82, 2.24) is 6.15 Å². The van der Waals surface area contributed by atoms with Gasteiger partial charge in [0.15, 0.2) is 0 Å². The molecule has 0 aromatic rings. The zero-order valence-corrected chi connectivity index (χ0v) is 6.60. The Hall–Kier alpha value is 1.19. The molecule has 0 aliphatic carbocycles. The van der Waals surface area contributed by atoms with E-state index in [0.717, 1.165) is 0 Å². The minimum absolute atomic E-state index is 0. The zero-order valence-electron chi connectivity index (χ0n) is 2.23. The zero-order chi connectivity index (χ0) is 0. The van der Waals surface area contributed by atoms with Crippen molar-refractivity contribution >= 4 is 17.4 Å². The summed E-state index contributed by atoms with van der Waals surface area (Å²) >= 11 is 0. The number of hydrogen-bond donors (Lipinski definition) is 1. The van der Waals surface area contributed by atoms with Crippen LogP contribution in [0, 0.1) is 0 Å². The van der Waals surface area contributed by atoms with Crippen molar-refractivity contribution < 1.29 is 27.9 Å². The first-order chi connectivity index (χ1) is 0. The summed E-state index contributed by atoms with van der Waals surface area (Å²) in [7, 11) is 0. The van der Waals surface area contributed by atoms with Gasteiger partial charge >= 0.3 is 0 Å². The molecular weight excluding hydrogens is 238 g/mol. The Bertz CT molecular complexity index is 8.00. The minimum Gasteiger partial charge on any atom is -0.412 e. The van der Waals surface area contributed by atoms with Gasteiger partial charge in [-0.15, -0.1) is 0 Å². The van der Waals surface area contributed by atoms with Gasteiger partial charge in [-0.2, -0.15) is 0 Å². The van der Waals surface area contributed by atoms with E-state index in [0.29, 0.717) is 0 Å². The molecule has 0 amide bonds. The normalized spacial score (nSPS) is 0. The van der Waals surface area contributed by atoms with Gasteiger partial charge in [0.1, 0.15) is 0 Å². The van der Waals surface area contributed by atoms with Crippen LogP contribution in [0.3, 0.4) is 0 Å². The van der Waals surface area contributed by atoms with Crippen LogP contribution in [0.15, 0.2) is 0 Å². The SMILES string of the molecule is N.O.[Al].[Ta]. The van der Waals surface area contributed by atoms with E-state index in [9.17, 15) is 0 Å². The third kappa shape index (κ3) is 10.8. The molecule has 0 fully saturated rings. The first kappa shape index (κ1) is 64.2. The summed E-state index contributed by atoms with van der Waals surface area (Å²) in [6.45, 7) is 0. The molecule has 5 N–H and O–H groups in total. The Morgan fingerprint density at radius 3 is 1.00 bits per heavy atom. The molecule has 24 valence electrons. The predicted octanol–water partition coefficient (Wildman–Crippen LogP) is -1.05. The molecule has 0 atom stereocenters. The molecule has 4 heavy (non-hydrogen) atoms.